The number of pyridine rings is 1. The third kappa shape index (κ3) is 3.82. The predicted octanol–water partition coefficient (Wildman–Crippen LogP) is 4.67. The van der Waals surface area contributed by atoms with Gasteiger partial charge in [0.25, 0.3) is 0 Å². The zero-order valence-electron chi connectivity index (χ0n) is 17.4. The number of H-pyrrole nitrogens is 1. The smallest absolute Gasteiger partial charge is 0.205 e. The molecule has 0 amide bonds. The second-order valence-electron chi connectivity index (χ2n) is 7.56. The number of fused-ring (bicyclic) bond motifs is 1. The SMILES string of the molecule is CCCCc1nc2cnccc2n1Cc1ccc(-c2ccccc2-c2nn[nH]n2)cc1. The molecule has 7 heteroatoms. The molecule has 5 aromatic rings. The van der Waals surface area contributed by atoms with Gasteiger partial charge in [-0.15, -0.1) is 10.2 Å². The average molecular weight is 409 g/mol. The highest BCUT2D eigenvalue weighted by Gasteiger charge is 2.13. The summed E-state index contributed by atoms with van der Waals surface area (Å²) in [4.78, 5) is 9.07. The second kappa shape index (κ2) is 8.47. The molecule has 0 fully saturated rings. The first-order valence-corrected chi connectivity index (χ1v) is 10.5. The lowest BCUT2D eigenvalue weighted by molar-refractivity contribution is 0.690. The Morgan fingerprint density at radius 2 is 1.81 bits per heavy atom. The van der Waals surface area contributed by atoms with E-state index in [1.54, 1.807) is 0 Å². The molecule has 0 aliphatic heterocycles. The van der Waals surface area contributed by atoms with E-state index in [1.165, 1.54) is 5.56 Å². The Balaban J connectivity index is 1.46. The maximum absolute atomic E-state index is 4.83. The molecular formula is C24H23N7. The number of aryl methyl sites for hydroxylation is 1. The van der Waals surface area contributed by atoms with Crippen LogP contribution in [-0.4, -0.2) is 35.2 Å². The lowest BCUT2D eigenvalue weighted by Gasteiger charge is -2.11. The number of aromatic nitrogens is 7. The molecule has 5 rings (SSSR count). The molecule has 0 saturated heterocycles. The Labute approximate surface area is 180 Å². The molecule has 0 aliphatic carbocycles. The van der Waals surface area contributed by atoms with Gasteiger partial charge in [-0.25, -0.2) is 4.98 Å². The molecule has 0 atom stereocenters. The van der Waals surface area contributed by atoms with Crippen LogP contribution in [0.15, 0.2) is 67.0 Å². The highest BCUT2D eigenvalue weighted by Crippen LogP contribution is 2.30. The number of unbranched alkanes of at least 4 members (excludes halogenated alkanes) is 1. The van der Waals surface area contributed by atoms with Gasteiger partial charge in [0.1, 0.15) is 11.3 Å². The fourth-order valence-corrected chi connectivity index (χ4v) is 3.91. The monoisotopic (exact) mass is 409 g/mol. The van der Waals surface area contributed by atoms with Gasteiger partial charge in [-0.2, -0.15) is 5.21 Å². The molecule has 31 heavy (non-hydrogen) atoms. The molecule has 7 nitrogen and oxygen atoms in total. The Morgan fingerprint density at radius 3 is 2.58 bits per heavy atom. The summed E-state index contributed by atoms with van der Waals surface area (Å²) in [7, 11) is 0. The molecule has 3 heterocycles. The highest BCUT2D eigenvalue weighted by molar-refractivity contribution is 5.80. The molecule has 0 saturated carbocycles. The summed E-state index contributed by atoms with van der Waals surface area (Å²) < 4.78 is 2.31. The zero-order valence-corrected chi connectivity index (χ0v) is 17.4. The maximum Gasteiger partial charge on any atom is 0.205 e. The van der Waals surface area contributed by atoms with E-state index in [4.69, 9.17) is 4.98 Å². The van der Waals surface area contributed by atoms with Crippen molar-refractivity contribution in [2.24, 2.45) is 0 Å². The topological polar surface area (TPSA) is 85.2 Å². The first-order valence-electron chi connectivity index (χ1n) is 10.5. The van der Waals surface area contributed by atoms with Crippen LogP contribution in [0.1, 0.15) is 31.2 Å². The van der Waals surface area contributed by atoms with Gasteiger partial charge in [0, 0.05) is 24.7 Å². The van der Waals surface area contributed by atoms with Gasteiger partial charge in [-0.05, 0) is 34.4 Å². The molecule has 0 radical (unpaired) electrons. The van der Waals surface area contributed by atoms with Crippen LogP contribution >= 0.6 is 0 Å². The van der Waals surface area contributed by atoms with E-state index in [9.17, 15) is 0 Å². The quantitative estimate of drug-likeness (QED) is 0.422. The van der Waals surface area contributed by atoms with Crippen LogP contribution in [0.25, 0.3) is 33.5 Å². The summed E-state index contributed by atoms with van der Waals surface area (Å²) in [6.45, 7) is 2.99. The number of hydrogen-bond donors (Lipinski definition) is 1. The molecule has 0 unspecified atom stereocenters. The van der Waals surface area contributed by atoms with E-state index in [0.717, 1.165) is 59.4 Å². The summed E-state index contributed by atoms with van der Waals surface area (Å²) in [6, 6.07) is 18.8. The Hall–Kier alpha value is -3.87. The minimum Gasteiger partial charge on any atom is -0.323 e. The normalized spacial score (nSPS) is 11.3. The van der Waals surface area contributed by atoms with Crippen molar-refractivity contribution in [1.29, 1.82) is 0 Å². The van der Waals surface area contributed by atoms with Crippen LogP contribution < -0.4 is 0 Å². The van der Waals surface area contributed by atoms with Crippen molar-refractivity contribution < 1.29 is 0 Å². The van der Waals surface area contributed by atoms with Crippen LogP contribution in [0.3, 0.4) is 0 Å². The molecule has 0 spiro atoms. The summed E-state index contributed by atoms with van der Waals surface area (Å²) in [6.07, 6.45) is 6.93. The van der Waals surface area contributed by atoms with Crippen molar-refractivity contribution in [1.82, 2.24) is 35.2 Å². The Morgan fingerprint density at radius 1 is 0.968 bits per heavy atom. The number of imidazole rings is 1. The van der Waals surface area contributed by atoms with Gasteiger partial charge < -0.3 is 4.57 Å². The minimum absolute atomic E-state index is 0.596. The van der Waals surface area contributed by atoms with E-state index in [2.05, 4.69) is 67.4 Å². The van der Waals surface area contributed by atoms with Crippen LogP contribution in [0, 0.1) is 0 Å². The Bertz CT molecular complexity index is 1290. The largest absolute Gasteiger partial charge is 0.323 e. The van der Waals surface area contributed by atoms with Crippen LogP contribution in [-0.2, 0) is 13.0 Å². The van der Waals surface area contributed by atoms with Gasteiger partial charge in [-0.1, -0.05) is 61.9 Å². The molecule has 3 aromatic heterocycles. The van der Waals surface area contributed by atoms with E-state index in [0.29, 0.717) is 5.82 Å². The molecule has 2 aromatic carbocycles. The van der Waals surface area contributed by atoms with Crippen LogP contribution in [0.2, 0.25) is 0 Å². The van der Waals surface area contributed by atoms with E-state index in [1.807, 2.05) is 36.7 Å². The standard InChI is InChI=1S/C24H23N7/c1-2-3-8-23-26-21-15-25-14-13-22(21)31(23)16-17-9-11-18(12-10-17)19-6-4-5-7-20(19)24-27-29-30-28-24/h4-7,9-15H,2-3,8,16H2,1H3,(H,27,28,29,30). The van der Waals surface area contributed by atoms with Crippen LogP contribution in [0.4, 0.5) is 0 Å². The van der Waals surface area contributed by atoms with Crippen molar-refractivity contribution in [2.75, 3.05) is 0 Å². The van der Waals surface area contributed by atoms with Crippen molar-refractivity contribution in [3.8, 4) is 22.5 Å². The van der Waals surface area contributed by atoms with Gasteiger partial charge >= 0.3 is 0 Å². The van der Waals surface area contributed by atoms with E-state index < -0.39 is 0 Å². The number of benzene rings is 2. The number of hydrogen-bond acceptors (Lipinski definition) is 5. The van der Waals surface area contributed by atoms with Crippen molar-refractivity contribution in [3.05, 3.63) is 78.4 Å². The van der Waals surface area contributed by atoms with Crippen molar-refractivity contribution in [3.63, 3.8) is 0 Å². The summed E-state index contributed by atoms with van der Waals surface area (Å²) in [5.41, 5.74) is 6.48. The summed E-state index contributed by atoms with van der Waals surface area (Å²) >= 11 is 0. The first kappa shape index (κ1) is 19.1. The van der Waals surface area contributed by atoms with E-state index >= 15 is 0 Å². The van der Waals surface area contributed by atoms with Gasteiger partial charge in [0.05, 0.1) is 11.7 Å². The highest BCUT2D eigenvalue weighted by atomic mass is 15.5. The number of tetrazole rings is 1. The fraction of sp³-hybridized carbons (Fsp3) is 0.208. The minimum atomic E-state index is 0.596. The lowest BCUT2D eigenvalue weighted by atomic mass is 9.98. The van der Waals surface area contributed by atoms with Gasteiger partial charge in [0.15, 0.2) is 0 Å². The number of nitrogens with zero attached hydrogens (tertiary/aromatic N) is 6. The lowest BCUT2D eigenvalue weighted by Crippen LogP contribution is -2.05. The van der Waals surface area contributed by atoms with E-state index in [-0.39, 0.29) is 0 Å². The molecule has 0 aliphatic rings. The van der Waals surface area contributed by atoms with Gasteiger partial charge in [0.2, 0.25) is 5.82 Å². The first-order chi connectivity index (χ1) is 15.3. The molecular weight excluding hydrogens is 386 g/mol. The molecule has 0 bridgehead atoms. The third-order valence-electron chi connectivity index (χ3n) is 5.50. The average Bonchev–Trinajstić information content (AvgIpc) is 3.47. The number of aromatic amines is 1. The number of rotatable bonds is 7. The summed E-state index contributed by atoms with van der Waals surface area (Å²) in [5.74, 6) is 1.72. The second-order valence-corrected chi connectivity index (χ2v) is 7.56. The van der Waals surface area contributed by atoms with Crippen LogP contribution in [0.5, 0.6) is 0 Å². The fourth-order valence-electron chi connectivity index (χ4n) is 3.91. The van der Waals surface area contributed by atoms with Crippen molar-refractivity contribution >= 4 is 11.0 Å². The molecule has 1 N–H and O–H groups in total. The number of nitrogens with one attached hydrogen (secondary N) is 1. The molecule has 154 valence electrons. The van der Waals surface area contributed by atoms with Gasteiger partial charge in [-0.3, -0.25) is 4.98 Å². The maximum atomic E-state index is 4.83. The Kier molecular flexibility index (Phi) is 5.22. The van der Waals surface area contributed by atoms with Crippen molar-refractivity contribution in [2.45, 2.75) is 32.7 Å². The zero-order chi connectivity index (χ0) is 21.0. The summed E-state index contributed by atoms with van der Waals surface area (Å²) in [5, 5.41) is 14.5. The third-order valence-corrected chi connectivity index (χ3v) is 5.50. The predicted molar refractivity (Wildman–Crippen MR) is 120 cm³/mol.